The van der Waals surface area contributed by atoms with E-state index < -0.39 is 5.97 Å². The second-order valence-corrected chi connectivity index (χ2v) is 5.21. The molecule has 0 unspecified atom stereocenters. The summed E-state index contributed by atoms with van der Waals surface area (Å²) < 4.78 is 5.53. The van der Waals surface area contributed by atoms with Crippen molar-refractivity contribution in [1.29, 1.82) is 0 Å². The van der Waals surface area contributed by atoms with Crippen LogP contribution in [0.2, 0.25) is 0 Å². The van der Waals surface area contributed by atoms with Crippen LogP contribution in [0, 0.1) is 0 Å². The number of nitrogens with one attached hydrogen (secondary N) is 1. The predicted octanol–water partition coefficient (Wildman–Crippen LogP) is 2.93. The maximum Gasteiger partial charge on any atom is 0.339 e. The minimum Gasteiger partial charge on any atom is -0.491 e. The molecule has 4 nitrogen and oxygen atoms in total. The SMILES string of the molecule is CCCC(C)(C)NCCOc1ccccc1C(=O)O. The molecule has 1 aromatic rings. The summed E-state index contributed by atoms with van der Waals surface area (Å²) in [6.07, 6.45) is 2.22. The van der Waals surface area contributed by atoms with Gasteiger partial charge in [-0.3, -0.25) is 0 Å². The Kier molecular flexibility index (Phi) is 5.83. The zero-order chi connectivity index (χ0) is 14.3. The molecule has 0 aliphatic heterocycles. The fourth-order valence-electron chi connectivity index (χ4n) is 2.03. The third-order valence-corrected chi connectivity index (χ3v) is 2.96. The van der Waals surface area contributed by atoms with Gasteiger partial charge in [-0.1, -0.05) is 25.5 Å². The fourth-order valence-corrected chi connectivity index (χ4v) is 2.03. The molecule has 0 atom stereocenters. The predicted molar refractivity (Wildman–Crippen MR) is 75.9 cm³/mol. The number of carboxylic acids is 1. The van der Waals surface area contributed by atoms with Gasteiger partial charge in [0.2, 0.25) is 0 Å². The smallest absolute Gasteiger partial charge is 0.339 e. The molecule has 1 aromatic carbocycles. The standard InChI is InChI=1S/C15H23NO3/c1-4-9-15(2,3)16-10-11-19-13-8-6-5-7-12(13)14(17)18/h5-8,16H,4,9-11H2,1-3H3,(H,17,18). The molecule has 0 aliphatic carbocycles. The van der Waals surface area contributed by atoms with Crippen molar-refractivity contribution in [3.63, 3.8) is 0 Å². The number of ether oxygens (including phenoxy) is 1. The van der Waals surface area contributed by atoms with E-state index in [1.165, 1.54) is 0 Å². The van der Waals surface area contributed by atoms with Gasteiger partial charge in [-0.05, 0) is 32.4 Å². The summed E-state index contributed by atoms with van der Waals surface area (Å²) in [6.45, 7) is 7.62. The highest BCUT2D eigenvalue weighted by atomic mass is 16.5. The first kappa shape index (κ1) is 15.5. The van der Waals surface area contributed by atoms with Crippen molar-refractivity contribution >= 4 is 5.97 Å². The maximum absolute atomic E-state index is 11.0. The van der Waals surface area contributed by atoms with Crippen LogP contribution < -0.4 is 10.1 Å². The number of hydrogen-bond acceptors (Lipinski definition) is 3. The van der Waals surface area contributed by atoms with Crippen molar-refractivity contribution in [1.82, 2.24) is 5.32 Å². The minimum atomic E-state index is -0.963. The molecule has 19 heavy (non-hydrogen) atoms. The van der Waals surface area contributed by atoms with E-state index >= 15 is 0 Å². The number of para-hydroxylation sites is 1. The summed E-state index contributed by atoms with van der Waals surface area (Å²) in [5.74, 6) is -0.542. The van der Waals surface area contributed by atoms with Crippen LogP contribution in [0.15, 0.2) is 24.3 Å². The zero-order valence-corrected chi connectivity index (χ0v) is 11.9. The number of carboxylic acid groups (broad SMARTS) is 1. The number of aromatic carboxylic acids is 1. The van der Waals surface area contributed by atoms with Crippen LogP contribution in [-0.4, -0.2) is 29.8 Å². The Bertz CT molecular complexity index is 416. The van der Waals surface area contributed by atoms with Gasteiger partial charge >= 0.3 is 5.97 Å². The lowest BCUT2D eigenvalue weighted by Crippen LogP contribution is -2.41. The quantitative estimate of drug-likeness (QED) is 0.710. The third-order valence-electron chi connectivity index (χ3n) is 2.96. The molecule has 0 saturated heterocycles. The normalized spacial score (nSPS) is 11.3. The van der Waals surface area contributed by atoms with Crippen LogP contribution in [0.1, 0.15) is 44.0 Å². The topological polar surface area (TPSA) is 58.6 Å². The van der Waals surface area contributed by atoms with Gasteiger partial charge in [0.15, 0.2) is 0 Å². The lowest BCUT2D eigenvalue weighted by Gasteiger charge is -2.25. The Balaban J connectivity index is 2.44. The van der Waals surface area contributed by atoms with Crippen LogP contribution in [0.5, 0.6) is 5.75 Å². The molecule has 0 aromatic heterocycles. The van der Waals surface area contributed by atoms with E-state index in [0.29, 0.717) is 18.9 Å². The number of rotatable bonds is 8. The molecule has 0 spiro atoms. The lowest BCUT2D eigenvalue weighted by atomic mass is 9.99. The highest BCUT2D eigenvalue weighted by Gasteiger charge is 2.15. The van der Waals surface area contributed by atoms with Crippen molar-refractivity contribution in [2.24, 2.45) is 0 Å². The van der Waals surface area contributed by atoms with Gasteiger partial charge in [0, 0.05) is 12.1 Å². The zero-order valence-electron chi connectivity index (χ0n) is 11.9. The van der Waals surface area contributed by atoms with Crippen LogP contribution >= 0.6 is 0 Å². The van der Waals surface area contributed by atoms with E-state index in [0.717, 1.165) is 12.8 Å². The number of benzene rings is 1. The van der Waals surface area contributed by atoms with Crippen LogP contribution in [0.25, 0.3) is 0 Å². The minimum absolute atomic E-state index is 0.0877. The van der Waals surface area contributed by atoms with Gasteiger partial charge < -0.3 is 15.2 Å². The number of hydrogen-bond donors (Lipinski definition) is 2. The summed E-state index contributed by atoms with van der Waals surface area (Å²) in [4.78, 5) is 11.0. The van der Waals surface area contributed by atoms with Gasteiger partial charge in [-0.15, -0.1) is 0 Å². The molecule has 4 heteroatoms. The Morgan fingerprint density at radius 3 is 2.68 bits per heavy atom. The van der Waals surface area contributed by atoms with Crippen LogP contribution in [0.4, 0.5) is 0 Å². The first-order valence-corrected chi connectivity index (χ1v) is 6.66. The van der Waals surface area contributed by atoms with Crippen molar-refractivity contribution < 1.29 is 14.6 Å². The van der Waals surface area contributed by atoms with Gasteiger partial charge in [0.25, 0.3) is 0 Å². The summed E-state index contributed by atoms with van der Waals surface area (Å²) in [7, 11) is 0. The molecular weight excluding hydrogens is 242 g/mol. The van der Waals surface area contributed by atoms with Gasteiger partial charge in [-0.2, -0.15) is 0 Å². The average Bonchev–Trinajstić information content (AvgIpc) is 2.35. The van der Waals surface area contributed by atoms with Crippen LogP contribution in [0.3, 0.4) is 0 Å². The van der Waals surface area contributed by atoms with E-state index in [1.807, 2.05) is 0 Å². The summed E-state index contributed by atoms with van der Waals surface area (Å²) in [5, 5.41) is 12.4. The summed E-state index contributed by atoms with van der Waals surface area (Å²) >= 11 is 0. The van der Waals surface area contributed by atoms with Crippen molar-refractivity contribution in [3.8, 4) is 5.75 Å². The lowest BCUT2D eigenvalue weighted by molar-refractivity contribution is 0.0692. The van der Waals surface area contributed by atoms with E-state index in [-0.39, 0.29) is 11.1 Å². The van der Waals surface area contributed by atoms with Crippen molar-refractivity contribution in [2.45, 2.75) is 39.2 Å². The first-order valence-electron chi connectivity index (χ1n) is 6.66. The molecule has 106 valence electrons. The fraction of sp³-hybridized carbons (Fsp3) is 0.533. The third kappa shape index (κ3) is 5.30. The molecule has 0 heterocycles. The Morgan fingerprint density at radius 2 is 2.05 bits per heavy atom. The Morgan fingerprint density at radius 1 is 1.37 bits per heavy atom. The van der Waals surface area contributed by atoms with E-state index in [4.69, 9.17) is 9.84 Å². The molecule has 0 amide bonds. The molecule has 0 radical (unpaired) electrons. The molecule has 1 rings (SSSR count). The van der Waals surface area contributed by atoms with Crippen molar-refractivity contribution in [3.05, 3.63) is 29.8 Å². The van der Waals surface area contributed by atoms with E-state index in [1.54, 1.807) is 24.3 Å². The largest absolute Gasteiger partial charge is 0.491 e. The van der Waals surface area contributed by atoms with Gasteiger partial charge in [0.05, 0.1) is 0 Å². The van der Waals surface area contributed by atoms with Gasteiger partial charge in [-0.25, -0.2) is 4.79 Å². The summed E-state index contributed by atoms with van der Waals surface area (Å²) in [6, 6.07) is 6.70. The maximum atomic E-state index is 11.0. The second kappa shape index (κ2) is 7.14. The Hall–Kier alpha value is -1.55. The molecule has 0 bridgehead atoms. The van der Waals surface area contributed by atoms with Crippen LogP contribution in [-0.2, 0) is 0 Å². The molecule has 0 aliphatic rings. The first-order chi connectivity index (χ1) is 8.96. The highest BCUT2D eigenvalue weighted by molar-refractivity contribution is 5.90. The summed E-state index contributed by atoms with van der Waals surface area (Å²) in [5.41, 5.74) is 0.292. The van der Waals surface area contributed by atoms with Gasteiger partial charge in [0.1, 0.15) is 17.9 Å². The second-order valence-electron chi connectivity index (χ2n) is 5.21. The van der Waals surface area contributed by atoms with E-state index in [9.17, 15) is 4.79 Å². The molecular formula is C15H23NO3. The Labute approximate surface area is 114 Å². The molecule has 0 saturated carbocycles. The average molecular weight is 265 g/mol. The monoisotopic (exact) mass is 265 g/mol. The molecule has 2 N–H and O–H groups in total. The molecule has 0 fully saturated rings. The van der Waals surface area contributed by atoms with Crippen molar-refractivity contribution in [2.75, 3.05) is 13.2 Å². The van der Waals surface area contributed by atoms with E-state index in [2.05, 4.69) is 26.1 Å². The number of carbonyl (C=O) groups is 1. The highest BCUT2D eigenvalue weighted by Crippen LogP contribution is 2.17.